The van der Waals surface area contributed by atoms with Gasteiger partial charge in [-0.15, -0.1) is 0 Å². The first kappa shape index (κ1) is 9.89. The maximum absolute atomic E-state index is 10.0. The smallest absolute Gasteiger partial charge is 0.0729 e. The molecule has 0 heterocycles. The molecule has 84 valence electrons. The summed E-state index contributed by atoms with van der Waals surface area (Å²) in [5.41, 5.74) is 2.46. The van der Waals surface area contributed by atoms with Gasteiger partial charge in [-0.05, 0) is 55.8 Å². The maximum Gasteiger partial charge on any atom is 0.0729 e. The Morgan fingerprint density at radius 2 is 2.13 bits per heavy atom. The van der Waals surface area contributed by atoms with E-state index in [1.807, 2.05) is 0 Å². The van der Waals surface area contributed by atoms with Crippen LogP contribution in [0.25, 0.3) is 0 Å². The first-order valence-corrected chi connectivity index (χ1v) is 6.48. The number of aliphatic hydroxyl groups excluding tert-OH is 1. The van der Waals surface area contributed by atoms with Crippen LogP contribution in [0.4, 0.5) is 0 Å². The molecule has 1 heteroatoms. The Bertz CT molecular complexity index is 319. The van der Waals surface area contributed by atoms with Crippen LogP contribution in [0.1, 0.15) is 52.4 Å². The van der Waals surface area contributed by atoms with Crippen molar-refractivity contribution >= 4 is 0 Å². The van der Waals surface area contributed by atoms with Crippen molar-refractivity contribution in [1.29, 1.82) is 0 Å². The lowest BCUT2D eigenvalue weighted by atomic mass is 9.56. The third kappa shape index (κ3) is 0.982. The highest BCUT2D eigenvalue weighted by Crippen LogP contribution is 2.71. The van der Waals surface area contributed by atoms with Crippen molar-refractivity contribution in [2.45, 2.75) is 58.5 Å². The molecule has 0 aromatic carbocycles. The van der Waals surface area contributed by atoms with Crippen molar-refractivity contribution in [3.8, 4) is 0 Å². The van der Waals surface area contributed by atoms with Gasteiger partial charge in [0, 0.05) is 0 Å². The summed E-state index contributed by atoms with van der Waals surface area (Å²) in [6.07, 6.45) is 9.87. The molecule has 0 aromatic heterocycles. The van der Waals surface area contributed by atoms with Crippen molar-refractivity contribution in [1.82, 2.24) is 0 Å². The van der Waals surface area contributed by atoms with Crippen molar-refractivity contribution < 1.29 is 5.11 Å². The van der Waals surface area contributed by atoms with Crippen LogP contribution in [0, 0.1) is 16.7 Å². The molecule has 2 saturated carbocycles. The summed E-state index contributed by atoms with van der Waals surface area (Å²) in [6.45, 7) is 4.68. The molecule has 1 nitrogen and oxygen atoms in total. The van der Waals surface area contributed by atoms with E-state index < -0.39 is 0 Å². The third-order valence-corrected chi connectivity index (χ3v) is 5.90. The van der Waals surface area contributed by atoms with Gasteiger partial charge in [0.25, 0.3) is 0 Å². The molecule has 3 aliphatic rings. The average Bonchev–Trinajstić information content (AvgIpc) is 2.65. The van der Waals surface area contributed by atoms with Gasteiger partial charge in [-0.25, -0.2) is 0 Å². The van der Waals surface area contributed by atoms with Gasteiger partial charge in [0.05, 0.1) is 6.10 Å². The Labute approximate surface area is 92.6 Å². The van der Waals surface area contributed by atoms with Crippen LogP contribution in [-0.2, 0) is 0 Å². The lowest BCUT2D eigenvalue weighted by Gasteiger charge is -2.48. The summed E-state index contributed by atoms with van der Waals surface area (Å²) < 4.78 is 0. The van der Waals surface area contributed by atoms with E-state index in [-0.39, 0.29) is 6.10 Å². The lowest BCUT2D eigenvalue weighted by Crippen LogP contribution is -2.43. The van der Waals surface area contributed by atoms with Gasteiger partial charge < -0.3 is 5.11 Å². The molecule has 4 atom stereocenters. The zero-order chi connectivity index (χ0) is 10.7. The zero-order valence-electron chi connectivity index (χ0n) is 9.92. The fraction of sp³-hybridized carbons (Fsp3) is 0.857. The maximum atomic E-state index is 10.0. The molecule has 0 bridgehead atoms. The standard InChI is InChI=1S/C14H22O/c1-10-4-7-13-5-3-6-14(10,13)9-12(15)8-11(13)2/h8,10,12,15H,3-7,9H2,1-2H3/t10-,12+,13?,14?/m0/s1. The van der Waals surface area contributed by atoms with Crippen LogP contribution in [0.2, 0.25) is 0 Å². The molecule has 0 aliphatic heterocycles. The van der Waals surface area contributed by atoms with E-state index in [4.69, 9.17) is 0 Å². The molecule has 2 unspecified atom stereocenters. The average molecular weight is 206 g/mol. The molecule has 0 spiro atoms. The van der Waals surface area contributed by atoms with Crippen LogP contribution in [0.3, 0.4) is 0 Å². The van der Waals surface area contributed by atoms with Gasteiger partial charge in [0.1, 0.15) is 0 Å². The molecule has 0 amide bonds. The van der Waals surface area contributed by atoms with Crippen LogP contribution in [0.15, 0.2) is 11.6 Å². The van der Waals surface area contributed by atoms with E-state index in [0.29, 0.717) is 10.8 Å². The van der Waals surface area contributed by atoms with E-state index in [1.54, 1.807) is 0 Å². The highest BCUT2D eigenvalue weighted by atomic mass is 16.3. The molecular weight excluding hydrogens is 184 g/mol. The number of aliphatic hydroxyl groups is 1. The molecule has 3 rings (SSSR count). The van der Waals surface area contributed by atoms with E-state index in [1.165, 1.54) is 37.7 Å². The fourth-order valence-electron chi connectivity index (χ4n) is 5.19. The number of hydrogen-bond acceptors (Lipinski definition) is 1. The molecular formula is C14H22O. The predicted molar refractivity (Wildman–Crippen MR) is 61.5 cm³/mol. The van der Waals surface area contributed by atoms with Gasteiger partial charge in [0.15, 0.2) is 0 Å². The molecule has 15 heavy (non-hydrogen) atoms. The van der Waals surface area contributed by atoms with Gasteiger partial charge in [0.2, 0.25) is 0 Å². The number of rotatable bonds is 0. The quantitative estimate of drug-likeness (QED) is 0.603. The SMILES string of the molecule is CC1=C[C@@H](O)CC23CCCC12CC[C@@H]3C. The predicted octanol–water partition coefficient (Wildman–Crippen LogP) is 3.28. The highest BCUT2D eigenvalue weighted by Gasteiger charge is 2.62. The van der Waals surface area contributed by atoms with Crippen molar-refractivity contribution in [2.75, 3.05) is 0 Å². The lowest BCUT2D eigenvalue weighted by molar-refractivity contribution is 0.0274. The minimum absolute atomic E-state index is 0.170. The number of allylic oxidation sites excluding steroid dienone is 1. The van der Waals surface area contributed by atoms with Crippen LogP contribution in [-0.4, -0.2) is 11.2 Å². The van der Waals surface area contributed by atoms with Crippen molar-refractivity contribution in [2.24, 2.45) is 16.7 Å². The Kier molecular flexibility index (Phi) is 1.90. The summed E-state index contributed by atoms with van der Waals surface area (Å²) in [6, 6.07) is 0. The molecule has 0 aromatic rings. The van der Waals surface area contributed by atoms with Gasteiger partial charge >= 0.3 is 0 Å². The first-order valence-electron chi connectivity index (χ1n) is 6.48. The second-order valence-corrected chi connectivity index (χ2v) is 6.15. The molecule has 0 saturated heterocycles. The summed E-state index contributed by atoms with van der Waals surface area (Å²) >= 11 is 0. The van der Waals surface area contributed by atoms with E-state index >= 15 is 0 Å². The minimum Gasteiger partial charge on any atom is -0.389 e. The molecule has 1 N–H and O–H groups in total. The van der Waals surface area contributed by atoms with Gasteiger partial charge in [-0.1, -0.05) is 25.0 Å². The topological polar surface area (TPSA) is 20.2 Å². The van der Waals surface area contributed by atoms with Crippen LogP contribution in [0.5, 0.6) is 0 Å². The Balaban J connectivity index is 2.14. The van der Waals surface area contributed by atoms with Gasteiger partial charge in [-0.3, -0.25) is 0 Å². The highest BCUT2D eigenvalue weighted by molar-refractivity contribution is 5.29. The molecule has 0 radical (unpaired) electrons. The first-order chi connectivity index (χ1) is 7.11. The largest absolute Gasteiger partial charge is 0.389 e. The summed E-state index contributed by atoms with van der Waals surface area (Å²) in [4.78, 5) is 0. The summed E-state index contributed by atoms with van der Waals surface area (Å²) in [5, 5.41) is 10.0. The Morgan fingerprint density at radius 1 is 1.33 bits per heavy atom. The normalized spacial score (nSPS) is 53.7. The van der Waals surface area contributed by atoms with E-state index in [0.717, 1.165) is 12.3 Å². The van der Waals surface area contributed by atoms with Crippen molar-refractivity contribution in [3.05, 3.63) is 11.6 Å². The molecule has 2 fully saturated rings. The fourth-order valence-corrected chi connectivity index (χ4v) is 5.19. The molecule has 3 aliphatic carbocycles. The van der Waals surface area contributed by atoms with Crippen LogP contribution < -0.4 is 0 Å². The Morgan fingerprint density at radius 3 is 2.93 bits per heavy atom. The second-order valence-electron chi connectivity index (χ2n) is 6.15. The van der Waals surface area contributed by atoms with Crippen LogP contribution >= 0.6 is 0 Å². The Hall–Kier alpha value is -0.300. The summed E-state index contributed by atoms with van der Waals surface area (Å²) in [5.74, 6) is 0.818. The van der Waals surface area contributed by atoms with E-state index in [9.17, 15) is 5.11 Å². The van der Waals surface area contributed by atoms with Gasteiger partial charge in [-0.2, -0.15) is 0 Å². The minimum atomic E-state index is -0.170. The third-order valence-electron chi connectivity index (χ3n) is 5.90. The zero-order valence-corrected chi connectivity index (χ0v) is 9.92. The summed E-state index contributed by atoms with van der Waals surface area (Å²) in [7, 11) is 0. The monoisotopic (exact) mass is 206 g/mol. The number of hydrogen-bond donors (Lipinski definition) is 1. The van der Waals surface area contributed by atoms with E-state index in [2.05, 4.69) is 19.9 Å². The second kappa shape index (κ2) is 2.88. The van der Waals surface area contributed by atoms with Crippen molar-refractivity contribution in [3.63, 3.8) is 0 Å².